The van der Waals surface area contributed by atoms with Crippen molar-refractivity contribution in [1.29, 1.82) is 0 Å². The zero-order valence-electron chi connectivity index (χ0n) is 52.4. The molecule has 12 unspecified atom stereocenters. The van der Waals surface area contributed by atoms with Crippen LogP contribution in [0.5, 0.6) is 0 Å². The van der Waals surface area contributed by atoms with Crippen molar-refractivity contribution >= 4 is 5.91 Å². The van der Waals surface area contributed by atoms with E-state index in [1.807, 2.05) is 6.08 Å². The summed E-state index contributed by atoms with van der Waals surface area (Å²) in [6, 6.07) is -0.934. The number of hydrogen-bond acceptors (Lipinski definition) is 13. The molecule has 84 heavy (non-hydrogen) atoms. The number of hydrogen-bond donors (Lipinski definition) is 9. The third kappa shape index (κ3) is 38.2. The number of nitrogens with one attached hydrogen (secondary N) is 1. The molecule has 1 amide bonds. The quantitative estimate of drug-likeness (QED) is 0.0204. The van der Waals surface area contributed by atoms with Crippen molar-refractivity contribution in [2.75, 3.05) is 19.8 Å². The van der Waals surface area contributed by atoms with Crippen LogP contribution in [-0.4, -0.2) is 140 Å². The summed E-state index contributed by atoms with van der Waals surface area (Å²) in [7, 11) is 0. The largest absolute Gasteiger partial charge is 0.394 e. The second kappa shape index (κ2) is 54.1. The Bertz CT molecular complexity index is 1780. The van der Waals surface area contributed by atoms with Crippen molar-refractivity contribution in [3.8, 4) is 0 Å². The van der Waals surface area contributed by atoms with Crippen molar-refractivity contribution in [3.05, 3.63) is 97.2 Å². The van der Waals surface area contributed by atoms with Crippen LogP contribution in [0.15, 0.2) is 97.2 Å². The van der Waals surface area contributed by atoms with E-state index in [1.165, 1.54) is 122 Å². The van der Waals surface area contributed by atoms with Gasteiger partial charge in [-0.25, -0.2) is 0 Å². The van der Waals surface area contributed by atoms with Crippen LogP contribution >= 0.6 is 0 Å². The van der Waals surface area contributed by atoms with Gasteiger partial charge >= 0.3 is 0 Å². The third-order valence-corrected chi connectivity index (χ3v) is 15.8. The van der Waals surface area contributed by atoms with E-state index in [0.717, 1.165) is 96.3 Å². The van der Waals surface area contributed by atoms with Crippen LogP contribution in [0.25, 0.3) is 0 Å². The van der Waals surface area contributed by atoms with Crippen molar-refractivity contribution in [2.24, 2.45) is 0 Å². The summed E-state index contributed by atoms with van der Waals surface area (Å²) in [5.41, 5.74) is 0. The Labute approximate surface area is 509 Å². The van der Waals surface area contributed by atoms with Gasteiger partial charge < -0.3 is 65.1 Å². The van der Waals surface area contributed by atoms with Gasteiger partial charge in [-0.15, -0.1) is 0 Å². The number of aliphatic hydroxyl groups excluding tert-OH is 8. The molecule has 14 heteroatoms. The molecule has 0 bridgehead atoms. The smallest absolute Gasteiger partial charge is 0.220 e. The first-order valence-electron chi connectivity index (χ1n) is 33.5. The fourth-order valence-corrected chi connectivity index (χ4v) is 10.4. The monoisotopic (exact) mass is 1180 g/mol. The summed E-state index contributed by atoms with van der Waals surface area (Å²) in [5, 5.41) is 87.4. The molecule has 484 valence electrons. The highest BCUT2D eigenvalue weighted by atomic mass is 16.7. The number of rotatable bonds is 53. The summed E-state index contributed by atoms with van der Waals surface area (Å²) in [5.74, 6) is -0.260. The average molecular weight is 1180 g/mol. The molecular weight excluding hydrogens is 1060 g/mol. The Hall–Kier alpha value is -3.09. The van der Waals surface area contributed by atoms with Crippen LogP contribution in [0.3, 0.4) is 0 Å². The normalized spacial score (nSPS) is 24.3. The maximum absolute atomic E-state index is 13.3. The standard InChI is InChI=1S/C70H121NO13/c1-3-5-7-9-11-13-15-17-19-21-23-25-27-28-29-30-32-34-36-38-40-42-44-46-48-50-52-54-62(75)71-58(57-81-69-67(80)65(78)68(61(56-73)83-69)84-70-66(79)64(77)63(76)60(55-72)82-70)59(74)53-51-49-47-45-43-41-39-37-35-33-31-26-24-22-20-18-16-14-12-10-8-6-4-2/h5,7,11,13,17,19,23,25,28-29,32,34,38,40,51,53,58-61,63-70,72-74,76-80H,3-4,6,8-10,12,14-16,18,20-22,24,26-27,30-31,33,35-37,39,41-50,52,54-57H2,1-2H3,(H,71,75)/b7-5-,13-11-,19-17-,25-23-,29-28-,34-32-,40-38-,53-51+. The molecule has 0 saturated carbocycles. The minimum absolute atomic E-state index is 0.253. The van der Waals surface area contributed by atoms with Crippen molar-refractivity contribution in [2.45, 2.75) is 319 Å². The molecule has 2 fully saturated rings. The predicted octanol–water partition coefficient (Wildman–Crippen LogP) is 13.0. The molecule has 14 nitrogen and oxygen atoms in total. The first kappa shape index (κ1) is 77.0. The minimum Gasteiger partial charge on any atom is -0.394 e. The van der Waals surface area contributed by atoms with Gasteiger partial charge in [0, 0.05) is 6.42 Å². The predicted molar refractivity (Wildman–Crippen MR) is 341 cm³/mol. The van der Waals surface area contributed by atoms with Crippen LogP contribution in [0, 0.1) is 0 Å². The molecule has 12 atom stereocenters. The van der Waals surface area contributed by atoms with E-state index in [9.17, 15) is 45.6 Å². The molecule has 2 saturated heterocycles. The molecule has 0 aromatic rings. The Morgan fingerprint density at radius 3 is 1.26 bits per heavy atom. The zero-order chi connectivity index (χ0) is 60.9. The zero-order valence-corrected chi connectivity index (χ0v) is 52.4. The van der Waals surface area contributed by atoms with Gasteiger partial charge in [-0.3, -0.25) is 4.79 Å². The van der Waals surface area contributed by atoms with Gasteiger partial charge in [-0.05, 0) is 77.0 Å². The number of allylic oxidation sites excluding steroid dienone is 15. The summed E-state index contributed by atoms with van der Waals surface area (Å²) in [6.45, 7) is 2.68. The van der Waals surface area contributed by atoms with Crippen molar-refractivity contribution in [1.82, 2.24) is 5.32 Å². The lowest BCUT2D eigenvalue weighted by Gasteiger charge is -2.46. The topological polar surface area (TPSA) is 228 Å². The van der Waals surface area contributed by atoms with E-state index in [0.29, 0.717) is 6.42 Å². The second-order valence-electron chi connectivity index (χ2n) is 23.2. The van der Waals surface area contributed by atoms with Crippen LogP contribution in [0.1, 0.15) is 245 Å². The fraction of sp³-hybridized carbons (Fsp3) is 0.757. The van der Waals surface area contributed by atoms with Crippen molar-refractivity contribution < 1.29 is 64.6 Å². The molecule has 2 heterocycles. The SMILES string of the molecule is CC/C=C\C/C=C\C/C=C\C/C=C\C/C=C\C/C=C\C/C=C\CCCCCCCC(=O)NC(COC1OC(CO)C(OC2OC(CO)C(O)C(O)C2O)C(O)C1O)C(O)/C=C/CCCCCCCCCCCCCCCCCCCCCCC. The summed E-state index contributed by atoms with van der Waals surface area (Å²) >= 11 is 0. The lowest BCUT2D eigenvalue weighted by Crippen LogP contribution is -2.65. The highest BCUT2D eigenvalue weighted by molar-refractivity contribution is 5.76. The fourth-order valence-electron chi connectivity index (χ4n) is 10.4. The number of amides is 1. The van der Waals surface area contributed by atoms with E-state index < -0.39 is 86.8 Å². The minimum atomic E-state index is -1.80. The summed E-state index contributed by atoms with van der Waals surface area (Å²) in [6.07, 6.45) is 58.7. The van der Waals surface area contributed by atoms with Crippen LogP contribution in [-0.2, 0) is 23.7 Å². The van der Waals surface area contributed by atoms with Gasteiger partial charge in [0.15, 0.2) is 12.6 Å². The second-order valence-corrected chi connectivity index (χ2v) is 23.2. The van der Waals surface area contributed by atoms with E-state index in [4.69, 9.17) is 18.9 Å². The van der Waals surface area contributed by atoms with Gasteiger partial charge in [0.05, 0.1) is 32.0 Å². The first-order chi connectivity index (χ1) is 41.1. The van der Waals surface area contributed by atoms with E-state index in [-0.39, 0.29) is 18.9 Å². The maximum Gasteiger partial charge on any atom is 0.220 e. The lowest BCUT2D eigenvalue weighted by atomic mass is 9.97. The molecular formula is C70H121NO13. The van der Waals surface area contributed by atoms with Crippen LogP contribution in [0.4, 0.5) is 0 Å². The Morgan fingerprint density at radius 2 is 0.821 bits per heavy atom. The molecule has 2 aliphatic rings. The Kier molecular flexibility index (Phi) is 49.6. The Balaban J connectivity index is 1.74. The molecule has 0 spiro atoms. The highest BCUT2D eigenvalue weighted by Crippen LogP contribution is 2.30. The average Bonchev–Trinajstić information content (AvgIpc) is 3.62. The summed E-state index contributed by atoms with van der Waals surface area (Å²) in [4.78, 5) is 13.3. The number of aliphatic hydroxyl groups is 8. The van der Waals surface area contributed by atoms with Gasteiger partial charge in [0.1, 0.15) is 48.8 Å². The number of unbranched alkanes of at least 4 members (excludes halogenated alkanes) is 26. The molecule has 0 aromatic heterocycles. The van der Waals surface area contributed by atoms with Gasteiger partial charge in [-0.2, -0.15) is 0 Å². The summed E-state index contributed by atoms with van der Waals surface area (Å²) < 4.78 is 22.8. The molecule has 2 rings (SSSR count). The molecule has 0 aromatic carbocycles. The van der Waals surface area contributed by atoms with E-state index in [2.05, 4.69) is 104 Å². The van der Waals surface area contributed by atoms with E-state index in [1.54, 1.807) is 6.08 Å². The molecule has 0 aliphatic carbocycles. The maximum atomic E-state index is 13.3. The van der Waals surface area contributed by atoms with Gasteiger partial charge in [0.2, 0.25) is 5.91 Å². The van der Waals surface area contributed by atoms with Crippen LogP contribution < -0.4 is 5.32 Å². The number of carbonyl (C=O) groups is 1. The van der Waals surface area contributed by atoms with E-state index >= 15 is 0 Å². The van der Waals surface area contributed by atoms with Crippen LogP contribution in [0.2, 0.25) is 0 Å². The number of ether oxygens (including phenoxy) is 4. The molecule has 0 radical (unpaired) electrons. The molecule has 9 N–H and O–H groups in total. The number of carbonyl (C=O) groups excluding carboxylic acids is 1. The van der Waals surface area contributed by atoms with Gasteiger partial charge in [0.25, 0.3) is 0 Å². The van der Waals surface area contributed by atoms with Crippen molar-refractivity contribution in [3.63, 3.8) is 0 Å². The first-order valence-corrected chi connectivity index (χ1v) is 33.5. The third-order valence-electron chi connectivity index (χ3n) is 15.8. The Morgan fingerprint density at radius 1 is 0.440 bits per heavy atom. The lowest BCUT2D eigenvalue weighted by molar-refractivity contribution is -0.359. The molecule has 2 aliphatic heterocycles. The highest BCUT2D eigenvalue weighted by Gasteiger charge is 2.51. The van der Waals surface area contributed by atoms with Gasteiger partial charge in [-0.1, -0.05) is 259 Å².